The molecule has 2 rings (SSSR count). The quantitative estimate of drug-likeness (QED) is 0.846. The predicted octanol–water partition coefficient (Wildman–Crippen LogP) is 3.55. The molecule has 0 aliphatic heterocycles. The van der Waals surface area contributed by atoms with Crippen LogP contribution in [-0.2, 0) is 11.2 Å². The van der Waals surface area contributed by atoms with E-state index < -0.39 is 0 Å². The van der Waals surface area contributed by atoms with Gasteiger partial charge < -0.3 is 15.2 Å². The summed E-state index contributed by atoms with van der Waals surface area (Å²) in [5.74, 6) is 0.0635. The highest BCUT2D eigenvalue weighted by molar-refractivity contribution is 6.34. The Morgan fingerprint density at radius 1 is 1.14 bits per heavy atom. The van der Waals surface area contributed by atoms with Crippen LogP contribution >= 0.6 is 23.2 Å². The summed E-state index contributed by atoms with van der Waals surface area (Å²) in [6, 6.07) is 12.0. The van der Waals surface area contributed by atoms with Gasteiger partial charge in [0.05, 0.1) is 5.02 Å². The van der Waals surface area contributed by atoms with Gasteiger partial charge in [-0.3, -0.25) is 4.79 Å². The lowest BCUT2D eigenvalue weighted by Gasteiger charge is -2.09. The van der Waals surface area contributed by atoms with Gasteiger partial charge in [-0.1, -0.05) is 35.3 Å². The van der Waals surface area contributed by atoms with Crippen molar-refractivity contribution in [3.63, 3.8) is 0 Å². The molecule has 116 valence electrons. The Labute approximate surface area is 138 Å². The molecule has 22 heavy (non-hydrogen) atoms. The third-order valence-electron chi connectivity index (χ3n) is 2.89. The first-order valence-electron chi connectivity index (χ1n) is 6.66. The van der Waals surface area contributed by atoms with E-state index >= 15 is 0 Å². The van der Waals surface area contributed by atoms with Gasteiger partial charge in [0.15, 0.2) is 6.61 Å². The molecule has 2 aromatic rings. The Balaban J connectivity index is 1.88. The van der Waals surface area contributed by atoms with E-state index in [2.05, 4.69) is 5.32 Å². The summed E-state index contributed by atoms with van der Waals surface area (Å²) in [4.78, 5) is 11.8. The first kappa shape index (κ1) is 16.6. The number of hydrogen-bond donors (Lipinski definition) is 2. The minimum atomic E-state index is -0.300. The average molecular weight is 340 g/mol. The van der Waals surface area contributed by atoms with E-state index in [9.17, 15) is 4.79 Å². The molecule has 0 aliphatic rings. The fourth-order valence-electron chi connectivity index (χ4n) is 1.81. The zero-order chi connectivity index (χ0) is 15.9. The molecule has 2 aromatic carbocycles. The summed E-state index contributed by atoms with van der Waals surface area (Å²) < 4.78 is 5.35. The molecule has 0 aliphatic carbocycles. The van der Waals surface area contributed by atoms with Crippen molar-refractivity contribution in [2.45, 2.75) is 6.42 Å². The minimum Gasteiger partial charge on any atom is -0.482 e. The lowest BCUT2D eigenvalue weighted by atomic mass is 10.1. The van der Waals surface area contributed by atoms with E-state index in [0.717, 1.165) is 5.56 Å². The van der Waals surface area contributed by atoms with Crippen molar-refractivity contribution in [1.82, 2.24) is 0 Å². The van der Waals surface area contributed by atoms with Crippen molar-refractivity contribution in [3.8, 4) is 5.75 Å². The minimum absolute atomic E-state index is 0.0972. The second kappa shape index (κ2) is 8.03. The van der Waals surface area contributed by atoms with Gasteiger partial charge in [0.1, 0.15) is 5.75 Å². The molecule has 1 amide bonds. The summed E-state index contributed by atoms with van der Waals surface area (Å²) in [5.41, 5.74) is 1.66. The normalized spacial score (nSPS) is 10.3. The Hall–Kier alpha value is -1.75. The second-order valence-corrected chi connectivity index (χ2v) is 5.43. The molecule has 0 heterocycles. The summed E-state index contributed by atoms with van der Waals surface area (Å²) in [6.45, 7) is -0.0710. The molecular formula is C16H15Cl2NO3. The van der Waals surface area contributed by atoms with Crippen LogP contribution in [0.4, 0.5) is 5.69 Å². The highest BCUT2D eigenvalue weighted by atomic mass is 35.5. The van der Waals surface area contributed by atoms with Gasteiger partial charge in [0, 0.05) is 23.4 Å². The Kier molecular flexibility index (Phi) is 6.07. The third-order valence-corrected chi connectivity index (χ3v) is 3.44. The number of rotatable bonds is 6. The maximum absolute atomic E-state index is 11.8. The van der Waals surface area contributed by atoms with Crippen LogP contribution in [0.15, 0.2) is 42.5 Å². The van der Waals surface area contributed by atoms with Gasteiger partial charge in [-0.15, -0.1) is 0 Å². The van der Waals surface area contributed by atoms with Crippen molar-refractivity contribution in [3.05, 3.63) is 58.1 Å². The van der Waals surface area contributed by atoms with Gasteiger partial charge in [-0.2, -0.15) is 0 Å². The van der Waals surface area contributed by atoms with Crippen molar-refractivity contribution in [2.24, 2.45) is 0 Å². The first-order valence-corrected chi connectivity index (χ1v) is 7.41. The van der Waals surface area contributed by atoms with Crippen LogP contribution in [0.2, 0.25) is 10.0 Å². The zero-order valence-electron chi connectivity index (χ0n) is 11.7. The molecule has 0 saturated carbocycles. The fourth-order valence-corrected chi connectivity index (χ4v) is 2.15. The van der Waals surface area contributed by atoms with E-state index in [4.69, 9.17) is 33.0 Å². The second-order valence-electron chi connectivity index (χ2n) is 4.58. The highest BCUT2D eigenvalue weighted by Crippen LogP contribution is 2.27. The van der Waals surface area contributed by atoms with Gasteiger partial charge >= 0.3 is 0 Å². The molecule has 0 radical (unpaired) electrons. The predicted molar refractivity (Wildman–Crippen MR) is 87.8 cm³/mol. The summed E-state index contributed by atoms with van der Waals surface area (Å²) in [7, 11) is 0. The number of carbonyl (C=O) groups is 1. The molecule has 0 atom stereocenters. The Morgan fingerprint density at radius 2 is 1.86 bits per heavy atom. The highest BCUT2D eigenvalue weighted by Gasteiger charge is 2.07. The van der Waals surface area contributed by atoms with Gasteiger partial charge in [0.2, 0.25) is 0 Å². The summed E-state index contributed by atoms with van der Waals surface area (Å²) >= 11 is 11.8. The topological polar surface area (TPSA) is 58.6 Å². The maximum atomic E-state index is 11.8. The number of aliphatic hydroxyl groups is 1. The van der Waals surface area contributed by atoms with Crippen molar-refractivity contribution in [1.29, 1.82) is 0 Å². The molecular weight excluding hydrogens is 325 g/mol. The van der Waals surface area contributed by atoms with Crippen LogP contribution in [-0.4, -0.2) is 24.2 Å². The monoisotopic (exact) mass is 339 g/mol. The smallest absolute Gasteiger partial charge is 0.262 e. The Morgan fingerprint density at radius 3 is 2.55 bits per heavy atom. The van der Waals surface area contributed by atoms with Gasteiger partial charge in [-0.05, 0) is 36.2 Å². The zero-order valence-corrected chi connectivity index (χ0v) is 13.2. The molecule has 6 heteroatoms. The number of amides is 1. The maximum Gasteiger partial charge on any atom is 0.262 e. The van der Waals surface area contributed by atoms with Crippen molar-refractivity contribution in [2.75, 3.05) is 18.5 Å². The molecule has 0 saturated heterocycles. The van der Waals surface area contributed by atoms with Gasteiger partial charge in [0.25, 0.3) is 5.91 Å². The first-order chi connectivity index (χ1) is 10.6. The number of aliphatic hydroxyl groups excluding tert-OH is 1. The number of ether oxygens (including phenoxy) is 1. The van der Waals surface area contributed by atoms with Crippen LogP contribution in [0.1, 0.15) is 5.56 Å². The summed E-state index contributed by atoms with van der Waals surface area (Å²) in [6.07, 6.45) is 0.588. The molecule has 0 aromatic heterocycles. The van der Waals surface area contributed by atoms with E-state index in [-0.39, 0.29) is 19.1 Å². The average Bonchev–Trinajstić information content (AvgIpc) is 2.50. The lowest BCUT2D eigenvalue weighted by molar-refractivity contribution is -0.118. The van der Waals surface area contributed by atoms with Crippen molar-refractivity contribution >= 4 is 34.8 Å². The van der Waals surface area contributed by atoms with Gasteiger partial charge in [-0.25, -0.2) is 0 Å². The van der Waals surface area contributed by atoms with E-state index in [1.165, 1.54) is 0 Å². The van der Waals surface area contributed by atoms with E-state index in [0.29, 0.717) is 27.9 Å². The largest absolute Gasteiger partial charge is 0.482 e. The van der Waals surface area contributed by atoms with Crippen LogP contribution in [0, 0.1) is 0 Å². The van der Waals surface area contributed by atoms with Crippen molar-refractivity contribution < 1.29 is 14.6 Å². The number of halogens is 2. The van der Waals surface area contributed by atoms with E-state index in [1.54, 1.807) is 30.3 Å². The number of carbonyl (C=O) groups excluding carboxylic acids is 1. The van der Waals surface area contributed by atoms with Crippen LogP contribution in [0.25, 0.3) is 0 Å². The van der Waals surface area contributed by atoms with Crippen LogP contribution < -0.4 is 10.1 Å². The molecule has 0 spiro atoms. The molecule has 0 unspecified atom stereocenters. The lowest BCUT2D eigenvalue weighted by Crippen LogP contribution is -2.20. The summed E-state index contributed by atoms with van der Waals surface area (Å²) in [5, 5.41) is 12.4. The Bertz CT molecular complexity index is 644. The van der Waals surface area contributed by atoms with Crippen LogP contribution in [0.5, 0.6) is 5.75 Å². The molecule has 4 nitrogen and oxygen atoms in total. The fraction of sp³-hybridized carbons (Fsp3) is 0.188. The number of anilines is 1. The SMILES string of the molecule is O=C(COc1cc(Cl)ccc1Cl)Nc1ccc(CCO)cc1. The van der Waals surface area contributed by atoms with E-state index in [1.807, 2.05) is 12.1 Å². The number of benzene rings is 2. The number of nitrogens with one attached hydrogen (secondary N) is 1. The third kappa shape index (κ3) is 4.91. The van der Waals surface area contributed by atoms with Crippen LogP contribution in [0.3, 0.4) is 0 Å². The molecule has 2 N–H and O–H groups in total. The molecule has 0 fully saturated rings. The number of hydrogen-bond acceptors (Lipinski definition) is 3. The molecule has 0 bridgehead atoms. The standard InChI is InChI=1S/C16H15Cl2NO3/c17-12-3-6-14(18)15(9-12)22-10-16(21)19-13-4-1-11(2-5-13)7-8-20/h1-6,9,20H,7-8,10H2,(H,19,21).